The molecule has 0 fully saturated rings. The maximum atomic E-state index is 5.58. The van der Waals surface area contributed by atoms with Gasteiger partial charge in [0.15, 0.2) is 0 Å². The predicted molar refractivity (Wildman–Crippen MR) is 93.2 cm³/mol. The van der Waals surface area contributed by atoms with Crippen LogP contribution in [0.2, 0.25) is 0 Å². The lowest BCUT2D eigenvalue weighted by Gasteiger charge is -2.24. The summed E-state index contributed by atoms with van der Waals surface area (Å²) in [6, 6.07) is 12.6. The van der Waals surface area contributed by atoms with E-state index in [1.54, 1.807) is 11.3 Å². The minimum absolute atomic E-state index is 0.298. The van der Waals surface area contributed by atoms with E-state index in [0.717, 1.165) is 24.4 Å². The molecular weight excluding hydrogens is 292 g/mol. The van der Waals surface area contributed by atoms with Crippen molar-refractivity contribution in [3.8, 4) is 18.1 Å². The van der Waals surface area contributed by atoms with Crippen molar-refractivity contribution in [1.82, 2.24) is 10.2 Å². The molecule has 0 aliphatic rings. The fraction of sp³-hybridized carbons (Fsp3) is 0.333. The van der Waals surface area contributed by atoms with Gasteiger partial charge in [-0.1, -0.05) is 30.2 Å². The Morgan fingerprint density at radius 3 is 2.77 bits per heavy atom. The number of thiophene rings is 1. The van der Waals surface area contributed by atoms with Crippen molar-refractivity contribution in [2.24, 2.45) is 0 Å². The summed E-state index contributed by atoms with van der Waals surface area (Å²) in [7, 11) is 4.21. The highest BCUT2D eigenvalue weighted by molar-refractivity contribution is 7.10. The summed E-state index contributed by atoms with van der Waals surface area (Å²) in [5.74, 6) is 3.36. The first kappa shape index (κ1) is 16.6. The van der Waals surface area contributed by atoms with Crippen LogP contribution in [0.15, 0.2) is 41.8 Å². The number of nitrogens with zero attached hydrogens (tertiary/aromatic N) is 1. The molecule has 116 valence electrons. The van der Waals surface area contributed by atoms with E-state index in [0.29, 0.717) is 12.6 Å². The SMILES string of the molecule is C#CCOc1ccccc1CNCC(c1cccs1)N(C)C. The van der Waals surface area contributed by atoms with Crippen molar-refractivity contribution in [3.63, 3.8) is 0 Å². The van der Waals surface area contributed by atoms with Gasteiger partial charge in [-0.3, -0.25) is 0 Å². The van der Waals surface area contributed by atoms with Crippen molar-refractivity contribution in [1.29, 1.82) is 0 Å². The van der Waals surface area contributed by atoms with Crippen LogP contribution in [0.25, 0.3) is 0 Å². The molecule has 22 heavy (non-hydrogen) atoms. The number of nitrogens with one attached hydrogen (secondary N) is 1. The fourth-order valence-electron chi connectivity index (χ4n) is 2.27. The van der Waals surface area contributed by atoms with E-state index in [1.807, 2.05) is 18.2 Å². The van der Waals surface area contributed by atoms with E-state index in [-0.39, 0.29) is 0 Å². The van der Waals surface area contributed by atoms with Gasteiger partial charge in [-0.2, -0.15) is 0 Å². The maximum Gasteiger partial charge on any atom is 0.148 e. The number of hydrogen-bond donors (Lipinski definition) is 1. The molecule has 1 N–H and O–H groups in total. The molecule has 1 unspecified atom stereocenters. The van der Waals surface area contributed by atoms with Crippen LogP contribution in [0, 0.1) is 12.3 Å². The van der Waals surface area contributed by atoms with Crippen molar-refractivity contribution < 1.29 is 4.74 Å². The van der Waals surface area contributed by atoms with Crippen LogP contribution >= 0.6 is 11.3 Å². The molecule has 0 amide bonds. The third kappa shape index (κ3) is 4.60. The van der Waals surface area contributed by atoms with Crippen molar-refractivity contribution in [3.05, 3.63) is 52.2 Å². The van der Waals surface area contributed by atoms with Crippen LogP contribution < -0.4 is 10.1 Å². The first-order chi connectivity index (χ1) is 10.7. The van der Waals surface area contributed by atoms with Crippen molar-refractivity contribution >= 4 is 11.3 Å². The van der Waals surface area contributed by atoms with Gasteiger partial charge in [0, 0.05) is 23.5 Å². The summed E-state index contributed by atoms with van der Waals surface area (Å²) in [4.78, 5) is 3.61. The van der Waals surface area contributed by atoms with Crippen LogP contribution in [-0.4, -0.2) is 32.1 Å². The molecule has 1 atom stereocenters. The molecule has 2 aromatic rings. The Morgan fingerprint density at radius 1 is 1.27 bits per heavy atom. The molecule has 0 saturated carbocycles. The number of likely N-dealkylation sites (N-methyl/N-ethyl adjacent to an activating group) is 1. The molecule has 0 aliphatic carbocycles. The second-order valence-electron chi connectivity index (χ2n) is 5.23. The Morgan fingerprint density at radius 2 is 2.09 bits per heavy atom. The molecule has 3 nitrogen and oxygen atoms in total. The topological polar surface area (TPSA) is 24.5 Å². The quantitative estimate of drug-likeness (QED) is 0.758. The van der Waals surface area contributed by atoms with Gasteiger partial charge in [0.2, 0.25) is 0 Å². The lowest BCUT2D eigenvalue weighted by atomic mass is 10.2. The molecule has 2 rings (SSSR count). The van der Waals surface area contributed by atoms with Gasteiger partial charge >= 0.3 is 0 Å². The zero-order valence-corrected chi connectivity index (χ0v) is 13.9. The summed E-state index contributed by atoms with van der Waals surface area (Å²) >= 11 is 1.79. The van der Waals surface area contributed by atoms with Gasteiger partial charge in [-0.25, -0.2) is 0 Å². The van der Waals surface area contributed by atoms with Gasteiger partial charge in [0.1, 0.15) is 12.4 Å². The van der Waals surface area contributed by atoms with Crippen LogP contribution in [0.5, 0.6) is 5.75 Å². The molecule has 0 radical (unpaired) electrons. The van der Waals surface area contributed by atoms with Crippen molar-refractivity contribution in [2.75, 3.05) is 27.2 Å². The van der Waals surface area contributed by atoms with Gasteiger partial charge in [-0.15, -0.1) is 17.8 Å². The Hall–Kier alpha value is -1.80. The zero-order chi connectivity index (χ0) is 15.8. The monoisotopic (exact) mass is 314 g/mol. The van der Waals surface area contributed by atoms with Gasteiger partial charge in [0.05, 0.1) is 6.04 Å². The second-order valence-corrected chi connectivity index (χ2v) is 6.21. The first-order valence-corrected chi connectivity index (χ1v) is 8.15. The number of rotatable bonds is 8. The summed E-state index contributed by atoms with van der Waals surface area (Å²) in [5, 5.41) is 5.64. The normalized spacial score (nSPS) is 12.1. The maximum absolute atomic E-state index is 5.58. The molecule has 0 saturated heterocycles. The first-order valence-electron chi connectivity index (χ1n) is 7.27. The summed E-state index contributed by atoms with van der Waals surface area (Å²) in [6.07, 6.45) is 5.26. The average molecular weight is 314 g/mol. The van der Waals surface area contributed by atoms with E-state index in [9.17, 15) is 0 Å². The second kappa shape index (κ2) is 8.60. The number of ether oxygens (including phenoxy) is 1. The number of benzene rings is 1. The highest BCUT2D eigenvalue weighted by Crippen LogP contribution is 2.23. The van der Waals surface area contributed by atoms with Gasteiger partial charge < -0.3 is 15.0 Å². The molecule has 0 bridgehead atoms. The summed E-state index contributed by atoms with van der Waals surface area (Å²) < 4.78 is 5.58. The zero-order valence-electron chi connectivity index (χ0n) is 13.1. The van der Waals surface area contributed by atoms with Crippen LogP contribution in [0.3, 0.4) is 0 Å². The number of terminal acetylenes is 1. The number of hydrogen-bond acceptors (Lipinski definition) is 4. The Balaban J connectivity index is 1.94. The smallest absolute Gasteiger partial charge is 0.148 e. The highest BCUT2D eigenvalue weighted by atomic mass is 32.1. The predicted octanol–water partition coefficient (Wildman–Crippen LogP) is 3.15. The van der Waals surface area contributed by atoms with Gasteiger partial charge in [-0.05, 0) is 31.6 Å². The molecule has 4 heteroatoms. The molecule has 1 heterocycles. The fourth-order valence-corrected chi connectivity index (χ4v) is 3.19. The Bertz CT molecular complexity index is 602. The third-order valence-corrected chi connectivity index (χ3v) is 4.41. The number of para-hydroxylation sites is 1. The van der Waals surface area contributed by atoms with E-state index >= 15 is 0 Å². The largest absolute Gasteiger partial charge is 0.481 e. The van der Waals surface area contributed by atoms with Crippen LogP contribution in [0.4, 0.5) is 0 Å². The van der Waals surface area contributed by atoms with E-state index < -0.39 is 0 Å². The minimum atomic E-state index is 0.298. The summed E-state index contributed by atoms with van der Waals surface area (Å²) in [5.41, 5.74) is 1.13. The van der Waals surface area contributed by atoms with E-state index in [4.69, 9.17) is 11.2 Å². The average Bonchev–Trinajstić information content (AvgIpc) is 3.04. The lowest BCUT2D eigenvalue weighted by molar-refractivity contribution is 0.291. The molecule has 0 aliphatic heterocycles. The van der Waals surface area contributed by atoms with Crippen molar-refractivity contribution in [2.45, 2.75) is 12.6 Å². The standard InChI is InChI=1S/C18H22N2OS/c1-4-11-21-17-9-6-5-8-15(17)13-19-14-16(20(2)3)18-10-7-12-22-18/h1,5-10,12,16,19H,11,13-14H2,2-3H3. The Labute approximate surface area is 136 Å². The molecular formula is C18H22N2OS. The van der Waals surface area contributed by atoms with Gasteiger partial charge in [0.25, 0.3) is 0 Å². The highest BCUT2D eigenvalue weighted by Gasteiger charge is 2.14. The lowest BCUT2D eigenvalue weighted by Crippen LogP contribution is -2.30. The molecule has 1 aromatic carbocycles. The minimum Gasteiger partial charge on any atom is -0.481 e. The molecule has 1 aromatic heterocycles. The van der Waals surface area contributed by atoms with Crippen LogP contribution in [-0.2, 0) is 6.54 Å². The van der Waals surface area contributed by atoms with E-state index in [2.05, 4.69) is 53.8 Å². The molecule has 0 spiro atoms. The third-order valence-electron chi connectivity index (χ3n) is 3.43. The van der Waals surface area contributed by atoms with Crippen LogP contribution in [0.1, 0.15) is 16.5 Å². The Kier molecular flexibility index (Phi) is 6.47. The summed E-state index contributed by atoms with van der Waals surface area (Å²) in [6.45, 7) is 1.94. The van der Waals surface area contributed by atoms with E-state index in [1.165, 1.54) is 4.88 Å².